The molecule has 0 saturated heterocycles. The normalized spacial score (nSPS) is 14.6. The quantitative estimate of drug-likeness (QED) is 0.504. The van der Waals surface area contributed by atoms with Gasteiger partial charge in [-0.25, -0.2) is 4.79 Å². The molecular formula is C23H28N6O2. The molecule has 0 fully saturated rings. The summed E-state index contributed by atoms with van der Waals surface area (Å²) in [5.41, 5.74) is 5.22. The number of hydrogen-bond donors (Lipinski definition) is 0. The Hall–Kier alpha value is -3.13. The van der Waals surface area contributed by atoms with Crippen molar-refractivity contribution in [3.8, 4) is 0 Å². The average molecular weight is 421 g/mol. The van der Waals surface area contributed by atoms with E-state index in [4.69, 9.17) is 4.98 Å². The Morgan fingerprint density at radius 1 is 0.968 bits per heavy atom. The smallest absolute Gasteiger partial charge is 0.314 e. The molecule has 0 atom stereocenters. The highest BCUT2D eigenvalue weighted by Gasteiger charge is 2.22. The fourth-order valence-electron chi connectivity index (χ4n) is 4.86. The van der Waals surface area contributed by atoms with Crippen molar-refractivity contribution >= 4 is 16.9 Å². The minimum atomic E-state index is -0.357. The molecule has 31 heavy (non-hydrogen) atoms. The highest BCUT2D eigenvalue weighted by molar-refractivity contribution is 5.76. The Bertz CT molecular complexity index is 1430. The Labute approximate surface area is 180 Å². The zero-order valence-electron chi connectivity index (χ0n) is 18.6. The SMILES string of the molecule is Cc1c(C)n2c3c(=O)n(C)c(=O)n(C)c3nc2n1CCCN1CCc2ccccc2C1. The zero-order valence-corrected chi connectivity index (χ0v) is 18.6. The van der Waals surface area contributed by atoms with Gasteiger partial charge in [-0.05, 0) is 37.8 Å². The molecule has 162 valence electrons. The molecule has 8 nitrogen and oxygen atoms in total. The molecule has 0 N–H and O–H groups in total. The van der Waals surface area contributed by atoms with Crippen molar-refractivity contribution in [1.29, 1.82) is 0 Å². The number of hydrogen-bond acceptors (Lipinski definition) is 4. The number of aryl methyl sites for hydroxylation is 3. The summed E-state index contributed by atoms with van der Waals surface area (Å²) in [7, 11) is 3.18. The van der Waals surface area contributed by atoms with Crippen molar-refractivity contribution < 1.29 is 0 Å². The Morgan fingerprint density at radius 2 is 1.71 bits per heavy atom. The molecule has 0 spiro atoms. The number of rotatable bonds is 4. The van der Waals surface area contributed by atoms with E-state index in [1.54, 1.807) is 7.05 Å². The van der Waals surface area contributed by atoms with Gasteiger partial charge in [0.25, 0.3) is 5.56 Å². The van der Waals surface area contributed by atoms with Crippen LogP contribution < -0.4 is 11.2 Å². The van der Waals surface area contributed by atoms with E-state index >= 15 is 0 Å². The molecule has 8 heteroatoms. The lowest BCUT2D eigenvalue weighted by Gasteiger charge is -2.28. The van der Waals surface area contributed by atoms with Crippen LogP contribution in [0.2, 0.25) is 0 Å². The Kier molecular flexibility index (Phi) is 4.62. The van der Waals surface area contributed by atoms with E-state index < -0.39 is 0 Å². The third kappa shape index (κ3) is 2.96. The fraction of sp³-hybridized carbons (Fsp3) is 0.435. The van der Waals surface area contributed by atoms with Gasteiger partial charge >= 0.3 is 5.69 Å². The second-order valence-electron chi connectivity index (χ2n) is 8.60. The van der Waals surface area contributed by atoms with E-state index in [2.05, 4.69) is 40.7 Å². The van der Waals surface area contributed by atoms with Gasteiger partial charge in [0.2, 0.25) is 5.78 Å². The topological polar surface area (TPSA) is 69.5 Å². The standard InChI is InChI=1S/C23H28N6O2/c1-15-16(2)29-19-20(25(3)23(31)26(4)21(19)30)24-22(29)28(15)12-7-11-27-13-10-17-8-5-6-9-18(17)14-27/h5-6,8-9H,7,10-14H2,1-4H3. The first-order chi connectivity index (χ1) is 14.9. The molecule has 1 aliphatic heterocycles. The molecular weight excluding hydrogens is 392 g/mol. The maximum Gasteiger partial charge on any atom is 0.332 e. The zero-order chi connectivity index (χ0) is 21.9. The summed E-state index contributed by atoms with van der Waals surface area (Å²) in [5.74, 6) is 0.729. The summed E-state index contributed by atoms with van der Waals surface area (Å²) in [5, 5.41) is 0. The van der Waals surface area contributed by atoms with E-state index in [0.29, 0.717) is 11.2 Å². The van der Waals surface area contributed by atoms with Crippen molar-refractivity contribution in [2.24, 2.45) is 14.1 Å². The van der Waals surface area contributed by atoms with Crippen LogP contribution in [0.25, 0.3) is 16.9 Å². The summed E-state index contributed by atoms with van der Waals surface area (Å²) in [4.78, 5) is 32.4. The highest BCUT2D eigenvalue weighted by atomic mass is 16.2. The van der Waals surface area contributed by atoms with Crippen molar-refractivity contribution in [1.82, 2.24) is 28.0 Å². The van der Waals surface area contributed by atoms with Gasteiger partial charge in [0.15, 0.2) is 11.2 Å². The molecule has 4 heterocycles. The van der Waals surface area contributed by atoms with Crippen LogP contribution in [0.4, 0.5) is 0 Å². The fourth-order valence-corrected chi connectivity index (χ4v) is 4.86. The predicted octanol–water partition coefficient (Wildman–Crippen LogP) is 1.75. The van der Waals surface area contributed by atoms with E-state index in [9.17, 15) is 9.59 Å². The largest absolute Gasteiger partial charge is 0.332 e. The van der Waals surface area contributed by atoms with Crippen LogP contribution in [0.1, 0.15) is 28.9 Å². The predicted molar refractivity (Wildman–Crippen MR) is 121 cm³/mol. The Morgan fingerprint density at radius 3 is 2.48 bits per heavy atom. The van der Waals surface area contributed by atoms with Gasteiger partial charge in [-0.3, -0.25) is 23.2 Å². The lowest BCUT2D eigenvalue weighted by molar-refractivity contribution is 0.246. The number of imidazole rings is 2. The molecule has 0 saturated carbocycles. The number of aromatic nitrogens is 5. The van der Waals surface area contributed by atoms with E-state index in [-0.39, 0.29) is 11.2 Å². The van der Waals surface area contributed by atoms with E-state index in [0.717, 1.165) is 60.8 Å². The minimum absolute atomic E-state index is 0.308. The number of nitrogens with zero attached hydrogens (tertiary/aromatic N) is 6. The van der Waals surface area contributed by atoms with Crippen molar-refractivity contribution in [2.45, 2.75) is 39.8 Å². The molecule has 0 bridgehead atoms. The van der Waals surface area contributed by atoms with Crippen molar-refractivity contribution in [3.05, 3.63) is 67.6 Å². The monoisotopic (exact) mass is 420 g/mol. The van der Waals surface area contributed by atoms with E-state index in [1.165, 1.54) is 22.7 Å². The van der Waals surface area contributed by atoms with Gasteiger partial charge in [-0.1, -0.05) is 24.3 Å². The van der Waals surface area contributed by atoms with Crippen LogP contribution in [0.5, 0.6) is 0 Å². The lowest BCUT2D eigenvalue weighted by atomic mass is 10.00. The molecule has 0 amide bonds. The first-order valence-corrected chi connectivity index (χ1v) is 10.8. The molecule has 0 unspecified atom stereocenters. The molecule has 0 radical (unpaired) electrons. The first kappa shape index (κ1) is 19.8. The molecule has 0 aliphatic carbocycles. The van der Waals surface area contributed by atoms with Crippen LogP contribution >= 0.6 is 0 Å². The third-order valence-electron chi connectivity index (χ3n) is 6.81. The summed E-state index contributed by atoms with van der Waals surface area (Å²) in [6.07, 6.45) is 2.10. The van der Waals surface area contributed by atoms with Gasteiger partial charge in [0.05, 0.1) is 0 Å². The second kappa shape index (κ2) is 7.23. The van der Waals surface area contributed by atoms with Crippen LogP contribution in [-0.4, -0.2) is 41.1 Å². The number of benzene rings is 1. The summed E-state index contributed by atoms with van der Waals surface area (Å²) in [6.45, 7) is 7.99. The van der Waals surface area contributed by atoms with Gasteiger partial charge in [0.1, 0.15) is 0 Å². The second-order valence-corrected chi connectivity index (χ2v) is 8.60. The van der Waals surface area contributed by atoms with Gasteiger partial charge in [-0.15, -0.1) is 0 Å². The summed E-state index contributed by atoms with van der Waals surface area (Å²) in [6, 6.07) is 8.70. The minimum Gasteiger partial charge on any atom is -0.314 e. The molecule has 1 aromatic carbocycles. The van der Waals surface area contributed by atoms with Gasteiger partial charge in [0, 0.05) is 51.7 Å². The third-order valence-corrected chi connectivity index (χ3v) is 6.81. The summed E-state index contributed by atoms with van der Waals surface area (Å²) >= 11 is 0. The van der Waals surface area contributed by atoms with Crippen molar-refractivity contribution in [2.75, 3.05) is 13.1 Å². The van der Waals surface area contributed by atoms with Gasteiger partial charge < -0.3 is 4.57 Å². The van der Waals surface area contributed by atoms with Gasteiger partial charge in [-0.2, -0.15) is 4.98 Å². The maximum atomic E-state index is 12.8. The molecule has 4 aromatic rings. The molecule has 1 aliphatic rings. The maximum absolute atomic E-state index is 12.8. The van der Waals surface area contributed by atoms with Crippen LogP contribution in [0, 0.1) is 13.8 Å². The molecule has 3 aromatic heterocycles. The van der Waals surface area contributed by atoms with Crippen LogP contribution in [0.3, 0.4) is 0 Å². The van der Waals surface area contributed by atoms with Crippen LogP contribution in [-0.2, 0) is 33.6 Å². The number of fused-ring (bicyclic) bond motifs is 4. The average Bonchev–Trinajstić information content (AvgIpc) is 3.27. The molecule has 5 rings (SSSR count). The van der Waals surface area contributed by atoms with Crippen molar-refractivity contribution in [3.63, 3.8) is 0 Å². The summed E-state index contributed by atoms with van der Waals surface area (Å²) < 4.78 is 6.69. The first-order valence-electron chi connectivity index (χ1n) is 10.8. The lowest BCUT2D eigenvalue weighted by Crippen LogP contribution is -2.37. The van der Waals surface area contributed by atoms with Crippen LogP contribution in [0.15, 0.2) is 33.9 Å². The highest BCUT2D eigenvalue weighted by Crippen LogP contribution is 2.22. The Balaban J connectivity index is 1.45. The van der Waals surface area contributed by atoms with E-state index in [1.807, 2.05) is 11.3 Å².